The zero-order chi connectivity index (χ0) is 15.5. The molecule has 0 amide bonds. The molecule has 0 aliphatic carbocycles. The van der Waals surface area contributed by atoms with Crippen LogP contribution in [0.1, 0.15) is 5.56 Å². The fourth-order valence-electron chi connectivity index (χ4n) is 1.70. The maximum atomic E-state index is 11.5. The Morgan fingerprint density at radius 2 is 2.10 bits per heavy atom. The van der Waals surface area contributed by atoms with Crippen molar-refractivity contribution in [3.8, 4) is 11.6 Å². The molecule has 112 valence electrons. The van der Waals surface area contributed by atoms with Crippen LogP contribution in [-0.4, -0.2) is 20.5 Å². The number of aromatic nitrogens is 1. The van der Waals surface area contributed by atoms with Gasteiger partial charge in [0.25, 0.3) is 0 Å². The second kappa shape index (κ2) is 6.30. The summed E-state index contributed by atoms with van der Waals surface area (Å²) in [4.78, 5) is 3.86. The SMILES string of the molecule is COc1ncccc1COc1ccc(Cl)cc1S(N)(=O)=O. The molecule has 0 aliphatic heterocycles. The maximum absolute atomic E-state index is 11.5. The van der Waals surface area contributed by atoms with Crippen LogP contribution in [0.5, 0.6) is 11.6 Å². The summed E-state index contributed by atoms with van der Waals surface area (Å²) in [5.74, 6) is 0.524. The van der Waals surface area contributed by atoms with E-state index >= 15 is 0 Å². The normalized spacial score (nSPS) is 11.2. The number of pyridine rings is 1. The van der Waals surface area contributed by atoms with E-state index in [0.29, 0.717) is 11.4 Å². The standard InChI is InChI=1S/C13H13ClN2O4S/c1-19-13-9(3-2-6-16-13)8-20-11-5-4-10(14)7-12(11)21(15,17)18/h2-7H,8H2,1H3,(H2,15,17,18). The highest BCUT2D eigenvalue weighted by Gasteiger charge is 2.16. The molecule has 1 aromatic carbocycles. The van der Waals surface area contributed by atoms with E-state index in [2.05, 4.69) is 4.98 Å². The lowest BCUT2D eigenvalue weighted by molar-refractivity contribution is 0.287. The number of hydrogen-bond acceptors (Lipinski definition) is 5. The molecule has 0 unspecified atom stereocenters. The Hall–Kier alpha value is -1.83. The number of benzene rings is 1. The highest BCUT2D eigenvalue weighted by Crippen LogP contribution is 2.27. The van der Waals surface area contributed by atoms with Gasteiger partial charge in [-0.15, -0.1) is 0 Å². The Kier molecular flexibility index (Phi) is 4.66. The van der Waals surface area contributed by atoms with Crippen LogP contribution in [0.3, 0.4) is 0 Å². The first-order chi connectivity index (χ1) is 9.91. The van der Waals surface area contributed by atoms with Gasteiger partial charge in [0.05, 0.1) is 12.7 Å². The van der Waals surface area contributed by atoms with Crippen LogP contribution in [0.25, 0.3) is 0 Å². The molecule has 1 heterocycles. The average Bonchev–Trinajstić information content (AvgIpc) is 2.45. The lowest BCUT2D eigenvalue weighted by Crippen LogP contribution is -2.14. The number of halogens is 1. The Bertz CT molecular complexity index is 750. The van der Waals surface area contributed by atoms with Gasteiger partial charge in [0.1, 0.15) is 17.3 Å². The molecule has 21 heavy (non-hydrogen) atoms. The average molecular weight is 329 g/mol. The van der Waals surface area contributed by atoms with E-state index in [0.717, 1.165) is 0 Å². The topological polar surface area (TPSA) is 91.5 Å². The number of nitrogens with zero attached hydrogens (tertiary/aromatic N) is 1. The molecule has 0 saturated carbocycles. The van der Waals surface area contributed by atoms with Crippen molar-refractivity contribution < 1.29 is 17.9 Å². The van der Waals surface area contributed by atoms with Crippen molar-refractivity contribution in [2.45, 2.75) is 11.5 Å². The van der Waals surface area contributed by atoms with Crippen LogP contribution in [-0.2, 0) is 16.6 Å². The Labute approximate surface area is 127 Å². The predicted molar refractivity (Wildman–Crippen MR) is 77.9 cm³/mol. The molecule has 0 saturated heterocycles. The molecular weight excluding hydrogens is 316 g/mol. The van der Waals surface area contributed by atoms with Gasteiger partial charge in [-0.1, -0.05) is 11.6 Å². The van der Waals surface area contributed by atoms with Gasteiger partial charge in [-0.2, -0.15) is 0 Å². The molecule has 1 aromatic heterocycles. The molecule has 2 rings (SSSR count). The smallest absolute Gasteiger partial charge is 0.241 e. The molecule has 6 nitrogen and oxygen atoms in total. The summed E-state index contributed by atoms with van der Waals surface area (Å²) >= 11 is 5.78. The van der Waals surface area contributed by atoms with Crippen molar-refractivity contribution in [3.63, 3.8) is 0 Å². The van der Waals surface area contributed by atoms with Gasteiger partial charge in [0.2, 0.25) is 15.9 Å². The van der Waals surface area contributed by atoms with Gasteiger partial charge in [0, 0.05) is 11.2 Å². The first-order valence-corrected chi connectivity index (χ1v) is 7.77. The van der Waals surface area contributed by atoms with Crippen molar-refractivity contribution in [1.82, 2.24) is 4.98 Å². The minimum Gasteiger partial charge on any atom is -0.487 e. The second-order valence-electron chi connectivity index (χ2n) is 4.10. The summed E-state index contributed by atoms with van der Waals surface area (Å²) in [5, 5.41) is 5.40. The highest BCUT2D eigenvalue weighted by molar-refractivity contribution is 7.89. The fourth-order valence-corrected chi connectivity index (χ4v) is 2.63. The molecule has 0 aliphatic rings. The van der Waals surface area contributed by atoms with E-state index in [1.807, 2.05) is 0 Å². The van der Waals surface area contributed by atoms with E-state index in [9.17, 15) is 8.42 Å². The van der Waals surface area contributed by atoms with Gasteiger partial charge in [0.15, 0.2) is 0 Å². The first kappa shape index (κ1) is 15.6. The summed E-state index contributed by atoms with van der Waals surface area (Å²) in [7, 11) is -2.44. The molecule has 0 spiro atoms. The Morgan fingerprint density at radius 1 is 1.33 bits per heavy atom. The second-order valence-corrected chi connectivity index (χ2v) is 6.06. The van der Waals surface area contributed by atoms with Crippen molar-refractivity contribution in [2.75, 3.05) is 7.11 Å². The third-order valence-electron chi connectivity index (χ3n) is 2.64. The number of rotatable bonds is 5. The zero-order valence-electron chi connectivity index (χ0n) is 11.1. The number of primary sulfonamides is 1. The van der Waals surface area contributed by atoms with E-state index in [-0.39, 0.29) is 22.3 Å². The van der Waals surface area contributed by atoms with Gasteiger partial charge in [-0.3, -0.25) is 0 Å². The van der Waals surface area contributed by atoms with Crippen molar-refractivity contribution >= 4 is 21.6 Å². The van der Waals surface area contributed by atoms with Crippen LogP contribution in [0.4, 0.5) is 0 Å². The lowest BCUT2D eigenvalue weighted by atomic mass is 10.3. The lowest BCUT2D eigenvalue weighted by Gasteiger charge is -2.12. The van der Waals surface area contributed by atoms with E-state index in [4.69, 9.17) is 26.2 Å². The van der Waals surface area contributed by atoms with Gasteiger partial charge < -0.3 is 9.47 Å². The summed E-state index contributed by atoms with van der Waals surface area (Å²) in [5.41, 5.74) is 0.676. The van der Waals surface area contributed by atoms with Crippen LogP contribution in [0, 0.1) is 0 Å². The molecule has 2 N–H and O–H groups in total. The molecule has 0 radical (unpaired) electrons. The van der Waals surface area contributed by atoms with Gasteiger partial charge in [-0.05, 0) is 30.3 Å². The van der Waals surface area contributed by atoms with Gasteiger partial charge in [-0.25, -0.2) is 18.5 Å². The molecule has 2 aromatic rings. The van der Waals surface area contributed by atoms with Crippen LogP contribution < -0.4 is 14.6 Å². The molecule has 0 bridgehead atoms. The summed E-state index contributed by atoms with van der Waals surface area (Å²) in [6, 6.07) is 7.70. The number of methoxy groups -OCH3 is 1. The Balaban J connectivity index is 2.29. The summed E-state index contributed by atoms with van der Waals surface area (Å²) in [6.45, 7) is 0.0845. The Morgan fingerprint density at radius 3 is 2.76 bits per heavy atom. The zero-order valence-corrected chi connectivity index (χ0v) is 12.7. The predicted octanol–water partition coefficient (Wildman–Crippen LogP) is 1.97. The largest absolute Gasteiger partial charge is 0.487 e. The number of nitrogens with two attached hydrogens (primary N) is 1. The quantitative estimate of drug-likeness (QED) is 0.906. The molecule has 8 heteroatoms. The minimum atomic E-state index is -3.93. The number of ether oxygens (including phenoxy) is 2. The third kappa shape index (κ3) is 3.84. The molecule has 0 atom stereocenters. The van der Waals surface area contributed by atoms with Crippen molar-refractivity contribution in [3.05, 3.63) is 47.1 Å². The molecular formula is C13H13ClN2O4S. The summed E-state index contributed by atoms with van der Waals surface area (Å²) < 4.78 is 33.7. The third-order valence-corrected chi connectivity index (χ3v) is 3.81. The first-order valence-electron chi connectivity index (χ1n) is 5.85. The van der Waals surface area contributed by atoms with Crippen LogP contribution in [0.15, 0.2) is 41.4 Å². The number of hydrogen-bond donors (Lipinski definition) is 1. The molecule has 0 fully saturated rings. The highest BCUT2D eigenvalue weighted by atomic mass is 35.5. The summed E-state index contributed by atoms with van der Waals surface area (Å²) in [6.07, 6.45) is 1.58. The minimum absolute atomic E-state index is 0.0845. The van der Waals surface area contributed by atoms with Crippen LogP contribution >= 0.6 is 11.6 Å². The van der Waals surface area contributed by atoms with Gasteiger partial charge >= 0.3 is 0 Å². The maximum Gasteiger partial charge on any atom is 0.241 e. The monoisotopic (exact) mass is 328 g/mol. The van der Waals surface area contributed by atoms with E-state index < -0.39 is 10.0 Å². The number of sulfonamides is 1. The van der Waals surface area contributed by atoms with E-state index in [1.165, 1.54) is 25.3 Å². The van der Waals surface area contributed by atoms with Crippen molar-refractivity contribution in [2.24, 2.45) is 5.14 Å². The fraction of sp³-hybridized carbons (Fsp3) is 0.154. The van der Waals surface area contributed by atoms with E-state index in [1.54, 1.807) is 18.3 Å². The van der Waals surface area contributed by atoms with Crippen molar-refractivity contribution in [1.29, 1.82) is 0 Å². The van der Waals surface area contributed by atoms with Crippen LogP contribution in [0.2, 0.25) is 5.02 Å².